The summed E-state index contributed by atoms with van der Waals surface area (Å²) in [5.41, 5.74) is 1.93. The van der Waals surface area contributed by atoms with Crippen molar-refractivity contribution in [3.63, 3.8) is 0 Å². The number of carbonyl (C=O) groups excluding carboxylic acids is 1. The van der Waals surface area contributed by atoms with Gasteiger partial charge in [0.25, 0.3) is 5.91 Å². The number of aromatic nitrogens is 3. The van der Waals surface area contributed by atoms with E-state index in [1.165, 1.54) is 0 Å². The summed E-state index contributed by atoms with van der Waals surface area (Å²) in [5.74, 6) is 2.47. The highest BCUT2D eigenvalue weighted by molar-refractivity contribution is 6.30. The molecular formula is C23H22ClN5O2. The van der Waals surface area contributed by atoms with Crippen molar-refractivity contribution >= 4 is 29.1 Å². The Morgan fingerprint density at radius 2 is 2.00 bits per heavy atom. The molecule has 8 heteroatoms. The topological polar surface area (TPSA) is 80.2 Å². The highest BCUT2D eigenvalue weighted by Gasteiger charge is 2.34. The minimum atomic E-state index is -0.462. The van der Waals surface area contributed by atoms with Gasteiger partial charge in [-0.3, -0.25) is 9.78 Å². The Morgan fingerprint density at radius 3 is 2.81 bits per heavy atom. The largest absolute Gasteiger partial charge is 0.480 e. The van der Waals surface area contributed by atoms with Crippen LogP contribution in [0.5, 0.6) is 5.75 Å². The number of benzene rings is 1. The summed E-state index contributed by atoms with van der Waals surface area (Å²) in [6.07, 6.45) is 7.03. The van der Waals surface area contributed by atoms with Gasteiger partial charge < -0.3 is 15.0 Å². The summed E-state index contributed by atoms with van der Waals surface area (Å²) in [4.78, 5) is 28.2. The number of anilines is 2. The van der Waals surface area contributed by atoms with Crippen molar-refractivity contribution in [2.45, 2.75) is 31.3 Å². The smallest absolute Gasteiger partial charge is 0.263 e. The highest BCUT2D eigenvalue weighted by Crippen LogP contribution is 2.33. The fourth-order valence-corrected chi connectivity index (χ4v) is 4.35. The first-order valence-electron chi connectivity index (χ1n) is 10.4. The lowest BCUT2D eigenvalue weighted by Gasteiger charge is -2.33. The van der Waals surface area contributed by atoms with E-state index in [0.29, 0.717) is 30.4 Å². The summed E-state index contributed by atoms with van der Waals surface area (Å²) in [6, 6.07) is 11.2. The Balaban J connectivity index is 1.19. The van der Waals surface area contributed by atoms with Gasteiger partial charge >= 0.3 is 0 Å². The van der Waals surface area contributed by atoms with Crippen molar-refractivity contribution in [2.75, 3.05) is 18.4 Å². The third-order valence-electron chi connectivity index (χ3n) is 5.77. The van der Waals surface area contributed by atoms with E-state index in [4.69, 9.17) is 21.3 Å². The molecule has 2 aliphatic heterocycles. The lowest BCUT2D eigenvalue weighted by Crippen LogP contribution is -2.45. The quantitative estimate of drug-likeness (QED) is 0.667. The average molecular weight is 436 g/mol. The number of halogens is 1. The minimum absolute atomic E-state index is 0.0439. The molecule has 3 aromatic rings. The lowest BCUT2D eigenvalue weighted by atomic mass is 9.93. The first kappa shape index (κ1) is 19.8. The summed E-state index contributed by atoms with van der Waals surface area (Å²) >= 11 is 6.06. The molecule has 0 unspecified atom stereocenters. The maximum Gasteiger partial charge on any atom is 0.263 e. The molecule has 1 fully saturated rings. The normalized spacial score (nSPS) is 18.4. The Kier molecular flexibility index (Phi) is 5.42. The number of fused-ring (bicyclic) bond motifs is 1. The maximum absolute atomic E-state index is 13.0. The van der Waals surface area contributed by atoms with Crippen molar-refractivity contribution in [1.29, 1.82) is 0 Å². The molecule has 7 nitrogen and oxygen atoms in total. The van der Waals surface area contributed by atoms with E-state index in [-0.39, 0.29) is 11.8 Å². The summed E-state index contributed by atoms with van der Waals surface area (Å²) in [5, 5.41) is 3.85. The fraction of sp³-hybridized carbons (Fsp3) is 0.304. The van der Waals surface area contributed by atoms with E-state index in [1.54, 1.807) is 18.5 Å². The van der Waals surface area contributed by atoms with E-state index in [2.05, 4.69) is 15.3 Å². The molecule has 2 aromatic heterocycles. The second kappa shape index (κ2) is 8.51. The number of carbonyl (C=O) groups is 1. The highest BCUT2D eigenvalue weighted by atomic mass is 35.5. The van der Waals surface area contributed by atoms with Crippen molar-refractivity contribution < 1.29 is 9.53 Å². The standard InChI is InChI=1S/C23H22ClN5O2/c24-17-4-5-19-16(11-17)12-20(31-19)23(30)29-9-6-15(7-10-29)18-13-25-14-22(27-18)28-21-3-1-2-8-26-21/h1-5,8,11,13-15,20H,6-7,9-10,12H2,(H,26,27,28)/t20-/m0/s1. The van der Waals surface area contributed by atoms with Gasteiger partial charge in [0.05, 0.1) is 11.9 Å². The number of hydrogen-bond donors (Lipinski definition) is 1. The van der Waals surface area contributed by atoms with Crippen LogP contribution in [0.25, 0.3) is 0 Å². The molecule has 158 valence electrons. The molecule has 1 saturated heterocycles. The average Bonchev–Trinajstić information content (AvgIpc) is 3.23. The molecule has 1 amide bonds. The van der Waals surface area contributed by atoms with Crippen LogP contribution in [-0.2, 0) is 11.2 Å². The van der Waals surface area contributed by atoms with Crippen LogP contribution in [0.15, 0.2) is 55.0 Å². The number of hydrogen-bond acceptors (Lipinski definition) is 6. The van der Waals surface area contributed by atoms with Crippen LogP contribution < -0.4 is 10.1 Å². The fourth-order valence-electron chi connectivity index (χ4n) is 4.16. The molecule has 1 aromatic carbocycles. The molecule has 1 atom stereocenters. The van der Waals surface area contributed by atoms with E-state index in [9.17, 15) is 4.79 Å². The molecule has 5 rings (SSSR count). The zero-order valence-electron chi connectivity index (χ0n) is 16.9. The van der Waals surface area contributed by atoms with Gasteiger partial charge in [0.1, 0.15) is 17.4 Å². The zero-order chi connectivity index (χ0) is 21.2. The molecule has 0 spiro atoms. The molecule has 1 N–H and O–H groups in total. The molecule has 0 aliphatic carbocycles. The van der Waals surface area contributed by atoms with Crippen LogP contribution in [0.4, 0.5) is 11.6 Å². The van der Waals surface area contributed by atoms with E-state index >= 15 is 0 Å². The molecule has 0 radical (unpaired) electrons. The number of nitrogens with zero attached hydrogens (tertiary/aromatic N) is 4. The molecule has 4 heterocycles. The van der Waals surface area contributed by atoms with Gasteiger partial charge in [-0.1, -0.05) is 17.7 Å². The van der Waals surface area contributed by atoms with Crippen molar-refractivity contribution in [2.24, 2.45) is 0 Å². The lowest BCUT2D eigenvalue weighted by molar-refractivity contribution is -0.139. The van der Waals surface area contributed by atoms with Gasteiger partial charge in [0, 0.05) is 42.8 Å². The SMILES string of the molecule is O=C([C@@H]1Cc2cc(Cl)ccc2O1)N1CCC(c2cncc(Nc3ccccn3)n2)CC1. The number of nitrogens with one attached hydrogen (secondary N) is 1. The van der Waals surface area contributed by atoms with E-state index < -0.39 is 6.10 Å². The van der Waals surface area contributed by atoms with Crippen molar-refractivity contribution in [3.8, 4) is 5.75 Å². The Morgan fingerprint density at radius 1 is 1.13 bits per heavy atom. The maximum atomic E-state index is 13.0. The number of rotatable bonds is 4. The number of amides is 1. The first-order valence-corrected chi connectivity index (χ1v) is 10.8. The van der Waals surface area contributed by atoms with Gasteiger partial charge in [0.15, 0.2) is 6.10 Å². The van der Waals surface area contributed by atoms with E-state index in [1.807, 2.05) is 41.4 Å². The van der Waals surface area contributed by atoms with Crippen LogP contribution in [0.1, 0.15) is 30.0 Å². The molecule has 2 aliphatic rings. The van der Waals surface area contributed by atoms with Crippen LogP contribution in [-0.4, -0.2) is 45.0 Å². The summed E-state index contributed by atoms with van der Waals surface area (Å²) < 4.78 is 5.87. The van der Waals surface area contributed by atoms with Gasteiger partial charge in [-0.25, -0.2) is 9.97 Å². The van der Waals surface area contributed by atoms with Crippen molar-refractivity contribution in [1.82, 2.24) is 19.9 Å². The molecule has 0 saturated carbocycles. The third-order valence-corrected chi connectivity index (χ3v) is 6.01. The van der Waals surface area contributed by atoms with E-state index in [0.717, 1.165) is 35.7 Å². The van der Waals surface area contributed by atoms with Crippen LogP contribution >= 0.6 is 11.6 Å². The predicted molar refractivity (Wildman–Crippen MR) is 118 cm³/mol. The Labute approximate surface area is 185 Å². The third kappa shape index (κ3) is 4.32. The van der Waals surface area contributed by atoms with Gasteiger partial charge in [-0.05, 0) is 48.7 Å². The Bertz CT molecular complexity index is 1090. The van der Waals surface area contributed by atoms with Crippen LogP contribution in [0.3, 0.4) is 0 Å². The number of pyridine rings is 1. The summed E-state index contributed by atoms with van der Waals surface area (Å²) in [6.45, 7) is 1.36. The van der Waals surface area contributed by atoms with Crippen LogP contribution in [0.2, 0.25) is 5.02 Å². The monoisotopic (exact) mass is 435 g/mol. The first-order chi connectivity index (χ1) is 15.2. The second-order valence-electron chi connectivity index (χ2n) is 7.83. The number of likely N-dealkylation sites (tertiary alicyclic amines) is 1. The number of ether oxygens (including phenoxy) is 1. The van der Waals surface area contributed by atoms with Crippen LogP contribution in [0, 0.1) is 0 Å². The molecule has 0 bridgehead atoms. The number of piperidine rings is 1. The molecule has 31 heavy (non-hydrogen) atoms. The zero-order valence-corrected chi connectivity index (χ0v) is 17.6. The summed E-state index contributed by atoms with van der Waals surface area (Å²) in [7, 11) is 0. The predicted octanol–water partition coefficient (Wildman–Crippen LogP) is 3.98. The van der Waals surface area contributed by atoms with Gasteiger partial charge in [-0.15, -0.1) is 0 Å². The van der Waals surface area contributed by atoms with Gasteiger partial charge in [-0.2, -0.15) is 0 Å². The Hall–Kier alpha value is -3.19. The molecular weight excluding hydrogens is 414 g/mol. The van der Waals surface area contributed by atoms with Crippen molar-refractivity contribution in [3.05, 3.63) is 71.3 Å². The van der Waals surface area contributed by atoms with Gasteiger partial charge in [0.2, 0.25) is 0 Å². The second-order valence-corrected chi connectivity index (χ2v) is 8.27. The minimum Gasteiger partial charge on any atom is -0.480 e.